The van der Waals surface area contributed by atoms with Gasteiger partial charge in [-0.25, -0.2) is 13.6 Å². The first-order valence-electron chi connectivity index (χ1n) is 4.87. The van der Waals surface area contributed by atoms with E-state index < -0.39 is 23.9 Å². The molecule has 0 heterocycles. The van der Waals surface area contributed by atoms with E-state index >= 15 is 0 Å². The standard InChI is InChI=1S/C11H10ClF2NO2/c1-17-9(16)7-3-2-6(4-8(7)12)10(15)5-11(10,13)14/h2-4H,5,15H2,1H3. The molecule has 1 saturated carbocycles. The van der Waals surface area contributed by atoms with E-state index in [2.05, 4.69) is 4.74 Å². The molecule has 0 saturated heterocycles. The number of carbonyl (C=O) groups is 1. The van der Waals surface area contributed by atoms with Gasteiger partial charge in [0.05, 0.1) is 17.7 Å². The van der Waals surface area contributed by atoms with Gasteiger partial charge >= 0.3 is 5.97 Å². The van der Waals surface area contributed by atoms with Gasteiger partial charge in [0.25, 0.3) is 5.92 Å². The monoisotopic (exact) mass is 261 g/mol. The molecular weight excluding hydrogens is 252 g/mol. The second-order valence-corrected chi connectivity index (χ2v) is 4.45. The Morgan fingerprint density at radius 1 is 1.53 bits per heavy atom. The van der Waals surface area contributed by atoms with E-state index in [0.717, 1.165) is 0 Å². The van der Waals surface area contributed by atoms with Gasteiger partial charge in [-0.2, -0.15) is 0 Å². The Labute approximate surface area is 101 Å². The molecule has 92 valence electrons. The molecule has 1 fully saturated rings. The second-order valence-electron chi connectivity index (χ2n) is 4.04. The van der Waals surface area contributed by atoms with Crippen LogP contribution in [0.25, 0.3) is 0 Å². The summed E-state index contributed by atoms with van der Waals surface area (Å²) >= 11 is 5.83. The van der Waals surface area contributed by atoms with Crippen molar-refractivity contribution in [3.8, 4) is 0 Å². The summed E-state index contributed by atoms with van der Waals surface area (Å²) in [5.41, 5.74) is 4.24. The highest BCUT2D eigenvalue weighted by Gasteiger charge is 2.69. The SMILES string of the molecule is COC(=O)c1ccc(C2(N)CC2(F)F)cc1Cl. The average molecular weight is 262 g/mol. The minimum atomic E-state index is -2.91. The van der Waals surface area contributed by atoms with E-state index in [-0.39, 0.29) is 16.1 Å². The number of ether oxygens (including phenoxy) is 1. The van der Waals surface area contributed by atoms with Crippen LogP contribution in [0.5, 0.6) is 0 Å². The van der Waals surface area contributed by atoms with E-state index in [1.165, 1.54) is 25.3 Å². The lowest BCUT2D eigenvalue weighted by Crippen LogP contribution is -2.27. The van der Waals surface area contributed by atoms with Crippen molar-refractivity contribution in [3.05, 3.63) is 34.3 Å². The lowest BCUT2D eigenvalue weighted by Gasteiger charge is -2.12. The molecule has 3 nitrogen and oxygen atoms in total. The van der Waals surface area contributed by atoms with Crippen molar-refractivity contribution in [3.63, 3.8) is 0 Å². The smallest absolute Gasteiger partial charge is 0.339 e. The maximum atomic E-state index is 13.1. The normalized spacial score (nSPS) is 25.5. The van der Waals surface area contributed by atoms with Crippen molar-refractivity contribution in [2.75, 3.05) is 7.11 Å². The van der Waals surface area contributed by atoms with Gasteiger partial charge in [0.2, 0.25) is 0 Å². The Balaban J connectivity index is 2.36. The topological polar surface area (TPSA) is 52.3 Å². The largest absolute Gasteiger partial charge is 0.465 e. The predicted molar refractivity (Wildman–Crippen MR) is 58.2 cm³/mol. The number of halogens is 3. The maximum absolute atomic E-state index is 13.1. The van der Waals surface area contributed by atoms with Crippen LogP contribution < -0.4 is 5.73 Å². The minimum Gasteiger partial charge on any atom is -0.465 e. The first-order valence-corrected chi connectivity index (χ1v) is 5.25. The fourth-order valence-corrected chi connectivity index (χ4v) is 1.95. The van der Waals surface area contributed by atoms with Gasteiger partial charge in [-0.1, -0.05) is 17.7 Å². The zero-order valence-electron chi connectivity index (χ0n) is 8.97. The number of benzene rings is 1. The minimum absolute atomic E-state index is 0.0573. The molecule has 1 aliphatic rings. The lowest BCUT2D eigenvalue weighted by molar-refractivity contribution is 0.0601. The summed E-state index contributed by atoms with van der Waals surface area (Å²) in [6, 6.07) is 4.00. The number of hydrogen-bond donors (Lipinski definition) is 1. The van der Waals surface area contributed by atoms with Gasteiger partial charge in [0.15, 0.2) is 0 Å². The number of esters is 1. The average Bonchev–Trinajstić information content (AvgIpc) is 2.78. The van der Waals surface area contributed by atoms with Crippen LogP contribution in [0.1, 0.15) is 22.3 Å². The molecule has 0 spiro atoms. The third-order valence-corrected chi connectivity index (χ3v) is 3.23. The summed E-state index contributed by atoms with van der Waals surface area (Å²) in [5.74, 6) is -3.53. The van der Waals surface area contributed by atoms with E-state index in [1.54, 1.807) is 0 Å². The molecular formula is C11H10ClF2NO2. The molecule has 0 aromatic heterocycles. The summed E-state index contributed by atoms with van der Waals surface area (Å²) < 4.78 is 30.6. The van der Waals surface area contributed by atoms with Crippen LogP contribution in [0.2, 0.25) is 5.02 Å². The van der Waals surface area contributed by atoms with Gasteiger partial charge < -0.3 is 10.5 Å². The highest BCUT2D eigenvalue weighted by atomic mass is 35.5. The van der Waals surface area contributed by atoms with E-state index in [0.29, 0.717) is 0 Å². The fourth-order valence-electron chi connectivity index (χ4n) is 1.69. The Kier molecular flexibility index (Phi) is 2.63. The molecule has 1 unspecified atom stereocenters. The van der Waals surface area contributed by atoms with Crippen LogP contribution >= 0.6 is 11.6 Å². The maximum Gasteiger partial charge on any atom is 0.339 e. The quantitative estimate of drug-likeness (QED) is 0.831. The number of nitrogens with two attached hydrogens (primary N) is 1. The van der Waals surface area contributed by atoms with Crippen molar-refractivity contribution in [2.24, 2.45) is 5.73 Å². The van der Waals surface area contributed by atoms with E-state index in [1.807, 2.05) is 0 Å². The second kappa shape index (κ2) is 3.65. The summed E-state index contributed by atoms with van der Waals surface area (Å²) in [6.07, 6.45) is -0.409. The van der Waals surface area contributed by atoms with Crippen molar-refractivity contribution in [1.82, 2.24) is 0 Å². The Bertz CT molecular complexity index is 492. The third-order valence-electron chi connectivity index (χ3n) is 2.92. The number of methoxy groups -OCH3 is 1. The zero-order valence-corrected chi connectivity index (χ0v) is 9.72. The van der Waals surface area contributed by atoms with Gasteiger partial charge in [-0.15, -0.1) is 0 Å². The molecule has 0 amide bonds. The van der Waals surface area contributed by atoms with Gasteiger partial charge in [0, 0.05) is 6.42 Å². The molecule has 1 aliphatic carbocycles. The number of rotatable bonds is 2. The van der Waals surface area contributed by atoms with Crippen molar-refractivity contribution in [2.45, 2.75) is 17.9 Å². The first kappa shape index (κ1) is 12.3. The highest BCUT2D eigenvalue weighted by molar-refractivity contribution is 6.33. The van der Waals surface area contributed by atoms with Crippen LogP contribution in [0.15, 0.2) is 18.2 Å². The summed E-state index contributed by atoms with van der Waals surface area (Å²) in [5, 5.41) is 0.0573. The molecule has 1 aromatic carbocycles. The van der Waals surface area contributed by atoms with Gasteiger partial charge in [0.1, 0.15) is 5.54 Å². The molecule has 1 aromatic rings. The first-order chi connectivity index (χ1) is 7.82. The van der Waals surface area contributed by atoms with Crippen LogP contribution in [0, 0.1) is 0 Å². The third kappa shape index (κ3) is 1.79. The number of hydrogen-bond acceptors (Lipinski definition) is 3. The van der Waals surface area contributed by atoms with Crippen LogP contribution in [-0.4, -0.2) is 19.0 Å². The molecule has 2 N–H and O–H groups in total. The van der Waals surface area contributed by atoms with E-state index in [9.17, 15) is 13.6 Å². The van der Waals surface area contributed by atoms with Crippen molar-refractivity contribution < 1.29 is 18.3 Å². The number of alkyl halides is 2. The fraction of sp³-hybridized carbons (Fsp3) is 0.364. The van der Waals surface area contributed by atoms with Crippen LogP contribution in [0.4, 0.5) is 8.78 Å². The zero-order chi connectivity index (χ0) is 12.8. The molecule has 6 heteroatoms. The molecule has 2 rings (SSSR count). The molecule has 17 heavy (non-hydrogen) atoms. The van der Waals surface area contributed by atoms with Crippen LogP contribution in [-0.2, 0) is 10.3 Å². The predicted octanol–water partition coefficient (Wildman–Crippen LogP) is 2.32. The molecule has 0 bridgehead atoms. The summed E-state index contributed by atoms with van der Waals surface area (Å²) in [6.45, 7) is 0. The van der Waals surface area contributed by atoms with Crippen molar-refractivity contribution in [1.29, 1.82) is 0 Å². The van der Waals surface area contributed by atoms with Crippen LogP contribution in [0.3, 0.4) is 0 Å². The van der Waals surface area contributed by atoms with Gasteiger partial charge in [-0.05, 0) is 17.7 Å². The Morgan fingerprint density at radius 2 is 2.12 bits per heavy atom. The van der Waals surface area contributed by atoms with E-state index in [4.69, 9.17) is 17.3 Å². The number of carbonyl (C=O) groups excluding carboxylic acids is 1. The molecule has 0 aliphatic heterocycles. The Hall–Kier alpha value is -1.20. The van der Waals surface area contributed by atoms with Gasteiger partial charge in [-0.3, -0.25) is 0 Å². The molecule has 1 atom stereocenters. The summed E-state index contributed by atoms with van der Waals surface area (Å²) in [4.78, 5) is 11.3. The lowest BCUT2D eigenvalue weighted by atomic mass is 10.0. The highest BCUT2D eigenvalue weighted by Crippen LogP contribution is 2.57. The van der Waals surface area contributed by atoms with Crippen molar-refractivity contribution >= 4 is 17.6 Å². The summed E-state index contributed by atoms with van der Waals surface area (Å²) in [7, 11) is 1.21. The molecule has 0 radical (unpaired) electrons. The Morgan fingerprint density at radius 3 is 2.53 bits per heavy atom.